The van der Waals surface area contributed by atoms with Crippen molar-refractivity contribution in [3.05, 3.63) is 25.7 Å². The normalized spacial score (nSPS) is 11.1. The molecule has 7 heteroatoms. The Morgan fingerprint density at radius 1 is 1.42 bits per heavy atom. The molecule has 0 atom stereocenters. The molecule has 0 saturated carbocycles. The molecule has 0 amide bonds. The maximum Gasteiger partial charge on any atom is 0.196 e. The van der Waals surface area contributed by atoms with E-state index < -0.39 is 0 Å². The van der Waals surface area contributed by atoms with Crippen molar-refractivity contribution in [1.82, 2.24) is 10.3 Å². The summed E-state index contributed by atoms with van der Waals surface area (Å²) in [5.41, 5.74) is 1.03. The number of thiophene rings is 1. The fourth-order valence-electron chi connectivity index (χ4n) is 1.55. The molecule has 0 bridgehead atoms. The molecule has 2 aromatic heterocycles. The van der Waals surface area contributed by atoms with Gasteiger partial charge >= 0.3 is 0 Å². The van der Waals surface area contributed by atoms with E-state index in [-0.39, 0.29) is 0 Å². The summed E-state index contributed by atoms with van der Waals surface area (Å²) in [6, 6.07) is 2.02. The predicted molar refractivity (Wildman–Crippen MR) is 83.7 cm³/mol. The largest absolute Gasteiger partial charge is 0.441 e. The molecule has 0 aromatic carbocycles. The van der Waals surface area contributed by atoms with Crippen LogP contribution in [0.15, 0.2) is 24.3 Å². The third-order valence-electron chi connectivity index (χ3n) is 2.47. The average molecular weight is 410 g/mol. The van der Waals surface area contributed by atoms with E-state index in [1.165, 1.54) is 0 Å². The molecule has 2 rings (SSSR count). The summed E-state index contributed by atoms with van der Waals surface area (Å²) in [7, 11) is 1.69. The predicted octanol–water partition coefficient (Wildman–Crippen LogP) is 3.71. The number of oxazole rings is 1. The zero-order valence-electron chi connectivity index (χ0n) is 10.4. The van der Waals surface area contributed by atoms with Crippen LogP contribution < -0.4 is 5.32 Å². The molecule has 2 aromatic rings. The molecule has 0 radical (unpaired) electrons. The van der Waals surface area contributed by atoms with Gasteiger partial charge in [-0.2, -0.15) is 0 Å². The second-order valence-corrected chi connectivity index (χ2v) is 7.60. The third-order valence-corrected chi connectivity index (χ3v) is 4.81. The number of nitrogens with zero attached hydrogens (tertiary/aromatic N) is 1. The van der Waals surface area contributed by atoms with E-state index in [0.717, 1.165) is 44.3 Å². The van der Waals surface area contributed by atoms with E-state index >= 15 is 0 Å². The molecule has 0 aliphatic carbocycles. The Kier molecular flexibility index (Phi) is 6.03. The van der Waals surface area contributed by atoms with Gasteiger partial charge in [-0.3, -0.25) is 0 Å². The summed E-state index contributed by atoms with van der Waals surface area (Å²) < 4.78 is 12.8. The fourth-order valence-corrected chi connectivity index (χ4v) is 4.37. The van der Waals surface area contributed by atoms with Crippen LogP contribution in [0.5, 0.6) is 0 Å². The number of nitrogens with one attached hydrogen (secondary N) is 1. The lowest BCUT2D eigenvalue weighted by Gasteiger charge is -2.01. The number of aromatic nitrogens is 1. The van der Waals surface area contributed by atoms with Gasteiger partial charge in [0.2, 0.25) is 0 Å². The maximum absolute atomic E-state index is 5.74. The minimum atomic E-state index is 0.715. The van der Waals surface area contributed by atoms with Crippen LogP contribution in [0.25, 0.3) is 11.3 Å². The molecular formula is C12H14Br2N2O2S. The van der Waals surface area contributed by atoms with Gasteiger partial charge < -0.3 is 14.5 Å². The van der Waals surface area contributed by atoms with Crippen LogP contribution in [0.2, 0.25) is 0 Å². The number of methoxy groups -OCH3 is 1. The molecule has 0 unspecified atom stereocenters. The first-order valence-electron chi connectivity index (χ1n) is 5.80. The standard InChI is InChI=1S/C12H14Br2N2O2S/c1-17-5-4-15-3-2-11-16-7-9(18-11)8-6-10(13)19-12(8)14/h6-7,15H,2-5H2,1H3. The second kappa shape index (κ2) is 7.54. The minimum Gasteiger partial charge on any atom is -0.441 e. The lowest BCUT2D eigenvalue weighted by molar-refractivity contribution is 0.199. The molecule has 1 N–H and O–H groups in total. The van der Waals surface area contributed by atoms with Gasteiger partial charge in [0, 0.05) is 32.2 Å². The monoisotopic (exact) mass is 408 g/mol. The first kappa shape index (κ1) is 15.2. The first-order valence-corrected chi connectivity index (χ1v) is 8.20. The highest BCUT2D eigenvalue weighted by atomic mass is 79.9. The summed E-state index contributed by atoms with van der Waals surface area (Å²) in [5.74, 6) is 1.54. The Morgan fingerprint density at radius 3 is 2.95 bits per heavy atom. The first-order chi connectivity index (χ1) is 9.20. The van der Waals surface area contributed by atoms with Crippen LogP contribution >= 0.6 is 43.2 Å². The molecule has 0 aliphatic rings. The smallest absolute Gasteiger partial charge is 0.196 e. The number of rotatable bonds is 7. The highest BCUT2D eigenvalue weighted by Crippen LogP contribution is 2.38. The highest BCUT2D eigenvalue weighted by molar-refractivity contribution is 9.12. The Hall–Kier alpha value is -0.210. The van der Waals surface area contributed by atoms with Crippen LogP contribution in [0.3, 0.4) is 0 Å². The Balaban J connectivity index is 1.90. The number of ether oxygens (including phenoxy) is 1. The third kappa shape index (κ3) is 4.39. The molecular weight excluding hydrogens is 396 g/mol. The van der Waals surface area contributed by atoms with Gasteiger partial charge in [0.05, 0.1) is 20.4 Å². The van der Waals surface area contributed by atoms with Crippen molar-refractivity contribution in [2.24, 2.45) is 0 Å². The van der Waals surface area contributed by atoms with Crippen molar-refractivity contribution in [2.45, 2.75) is 6.42 Å². The van der Waals surface area contributed by atoms with Crippen molar-refractivity contribution in [1.29, 1.82) is 0 Å². The van der Waals surface area contributed by atoms with Crippen LogP contribution in [0.1, 0.15) is 5.89 Å². The molecule has 0 aliphatic heterocycles. The Labute approximate surface area is 132 Å². The molecule has 0 spiro atoms. The van der Waals surface area contributed by atoms with Crippen LogP contribution in [0, 0.1) is 0 Å². The van der Waals surface area contributed by atoms with E-state index in [9.17, 15) is 0 Å². The number of hydrogen-bond acceptors (Lipinski definition) is 5. The lowest BCUT2D eigenvalue weighted by atomic mass is 10.3. The summed E-state index contributed by atoms with van der Waals surface area (Å²) >= 11 is 8.60. The van der Waals surface area contributed by atoms with Gasteiger partial charge in [-0.25, -0.2) is 4.98 Å². The van der Waals surface area contributed by atoms with Crippen LogP contribution in [-0.4, -0.2) is 31.8 Å². The minimum absolute atomic E-state index is 0.715. The SMILES string of the molecule is COCCNCCc1ncc(-c2cc(Br)sc2Br)o1. The summed E-state index contributed by atoms with van der Waals surface area (Å²) in [4.78, 5) is 4.29. The molecule has 104 valence electrons. The van der Waals surface area contributed by atoms with E-state index in [0.29, 0.717) is 6.61 Å². The van der Waals surface area contributed by atoms with Crippen LogP contribution in [-0.2, 0) is 11.2 Å². The highest BCUT2D eigenvalue weighted by Gasteiger charge is 2.12. The zero-order chi connectivity index (χ0) is 13.7. The molecule has 19 heavy (non-hydrogen) atoms. The summed E-state index contributed by atoms with van der Waals surface area (Å²) in [6.07, 6.45) is 2.54. The summed E-state index contributed by atoms with van der Waals surface area (Å²) in [5, 5.41) is 3.26. The van der Waals surface area contributed by atoms with Crippen molar-refractivity contribution in [2.75, 3.05) is 26.8 Å². The second-order valence-electron chi connectivity index (χ2n) is 3.85. The topological polar surface area (TPSA) is 47.3 Å². The van der Waals surface area contributed by atoms with E-state index in [1.807, 2.05) is 6.07 Å². The lowest BCUT2D eigenvalue weighted by Crippen LogP contribution is -2.21. The fraction of sp³-hybridized carbons (Fsp3) is 0.417. The summed E-state index contributed by atoms with van der Waals surface area (Å²) in [6.45, 7) is 2.39. The van der Waals surface area contributed by atoms with Gasteiger partial charge in [0.1, 0.15) is 0 Å². The van der Waals surface area contributed by atoms with Crippen molar-refractivity contribution in [3.8, 4) is 11.3 Å². The van der Waals surface area contributed by atoms with E-state index in [2.05, 4.69) is 42.2 Å². The number of hydrogen-bond donors (Lipinski definition) is 1. The molecule has 0 fully saturated rings. The van der Waals surface area contributed by atoms with Gasteiger partial charge in [0.15, 0.2) is 11.7 Å². The quantitative estimate of drug-likeness (QED) is 0.708. The maximum atomic E-state index is 5.74. The van der Waals surface area contributed by atoms with Crippen molar-refractivity contribution < 1.29 is 9.15 Å². The van der Waals surface area contributed by atoms with Crippen LogP contribution in [0.4, 0.5) is 0 Å². The number of halogens is 2. The van der Waals surface area contributed by atoms with Crippen molar-refractivity contribution in [3.63, 3.8) is 0 Å². The zero-order valence-corrected chi connectivity index (χ0v) is 14.4. The Bertz CT molecular complexity index is 528. The van der Waals surface area contributed by atoms with E-state index in [1.54, 1.807) is 24.6 Å². The molecule has 0 saturated heterocycles. The van der Waals surface area contributed by atoms with E-state index in [4.69, 9.17) is 9.15 Å². The molecule has 4 nitrogen and oxygen atoms in total. The van der Waals surface area contributed by atoms with Gasteiger partial charge in [-0.1, -0.05) is 0 Å². The average Bonchev–Trinajstić information content (AvgIpc) is 2.95. The molecule has 2 heterocycles. The van der Waals surface area contributed by atoms with Gasteiger partial charge in [0.25, 0.3) is 0 Å². The van der Waals surface area contributed by atoms with Gasteiger partial charge in [-0.05, 0) is 37.9 Å². The Morgan fingerprint density at radius 2 is 2.26 bits per heavy atom. The van der Waals surface area contributed by atoms with Crippen molar-refractivity contribution >= 4 is 43.2 Å². The van der Waals surface area contributed by atoms with Gasteiger partial charge in [-0.15, -0.1) is 11.3 Å².